The number of aromatic nitrogens is 1. The number of nitrogens with two attached hydrogens (primary N) is 1. The van der Waals surface area contributed by atoms with Crippen LogP contribution in [0.4, 0.5) is 0 Å². The normalized spacial score (nSPS) is 16.3. The fourth-order valence-corrected chi connectivity index (χ4v) is 4.10. The van der Waals surface area contributed by atoms with Crippen molar-refractivity contribution in [3.63, 3.8) is 0 Å². The van der Waals surface area contributed by atoms with Crippen molar-refractivity contribution < 1.29 is 4.74 Å². The minimum Gasteiger partial charge on any atom is -0.493 e. The second kappa shape index (κ2) is 8.89. The molecule has 28 heavy (non-hydrogen) atoms. The molecule has 0 spiro atoms. The summed E-state index contributed by atoms with van der Waals surface area (Å²) in [6.45, 7) is 1.17. The molecule has 1 aromatic heterocycles. The van der Waals surface area contributed by atoms with Gasteiger partial charge in [0.2, 0.25) is 0 Å². The molecule has 1 atom stereocenters. The van der Waals surface area contributed by atoms with Gasteiger partial charge in [-0.1, -0.05) is 48.5 Å². The van der Waals surface area contributed by atoms with Crippen molar-refractivity contribution in [1.82, 2.24) is 10.3 Å². The van der Waals surface area contributed by atoms with Crippen LogP contribution in [-0.2, 0) is 19.4 Å². The Balaban J connectivity index is 1.31. The average molecular weight is 393 g/mol. The van der Waals surface area contributed by atoms with E-state index in [4.69, 9.17) is 10.5 Å². The van der Waals surface area contributed by atoms with Crippen LogP contribution in [-0.4, -0.2) is 17.6 Å². The minimum absolute atomic E-state index is 0.130. The largest absolute Gasteiger partial charge is 0.493 e. The number of nitrogens with one attached hydrogen (secondary N) is 1. The molecule has 6 heteroatoms. The summed E-state index contributed by atoms with van der Waals surface area (Å²) in [6, 6.07) is 18.7. The summed E-state index contributed by atoms with van der Waals surface area (Å²) in [5, 5.41) is 6.53. The number of aliphatic imine (C=N–C) groups is 1. The predicted molar refractivity (Wildman–Crippen MR) is 114 cm³/mol. The molecule has 4 rings (SSSR count). The van der Waals surface area contributed by atoms with Gasteiger partial charge in [0.1, 0.15) is 5.75 Å². The van der Waals surface area contributed by atoms with Crippen LogP contribution >= 0.6 is 11.3 Å². The minimum atomic E-state index is 0.130. The van der Waals surface area contributed by atoms with Crippen molar-refractivity contribution in [3.8, 4) is 5.75 Å². The van der Waals surface area contributed by atoms with Crippen molar-refractivity contribution in [2.45, 2.75) is 31.8 Å². The lowest BCUT2D eigenvalue weighted by molar-refractivity contribution is 0.262. The molecule has 3 N–H and O–H groups in total. The van der Waals surface area contributed by atoms with Gasteiger partial charge in [0.25, 0.3) is 0 Å². The summed E-state index contributed by atoms with van der Waals surface area (Å²) < 4.78 is 5.69. The first-order valence-electron chi connectivity index (χ1n) is 9.53. The van der Waals surface area contributed by atoms with Gasteiger partial charge in [-0.15, -0.1) is 11.3 Å². The Morgan fingerprint density at radius 2 is 1.96 bits per heavy atom. The van der Waals surface area contributed by atoms with E-state index in [1.54, 1.807) is 11.3 Å². The van der Waals surface area contributed by atoms with Crippen LogP contribution in [0.2, 0.25) is 0 Å². The molecule has 144 valence electrons. The summed E-state index contributed by atoms with van der Waals surface area (Å²) in [7, 11) is 0. The molecule has 1 unspecified atom stereocenters. The van der Waals surface area contributed by atoms with E-state index in [0.29, 0.717) is 19.1 Å². The van der Waals surface area contributed by atoms with E-state index >= 15 is 0 Å². The van der Waals surface area contributed by atoms with Crippen LogP contribution in [0, 0.1) is 0 Å². The molecular formula is C22H24N4OS. The molecule has 0 saturated heterocycles. The summed E-state index contributed by atoms with van der Waals surface area (Å²) >= 11 is 1.69. The molecule has 1 aliphatic rings. The number of ether oxygens (including phenoxy) is 1. The first kappa shape index (κ1) is 18.5. The highest BCUT2D eigenvalue weighted by atomic mass is 32.1. The number of para-hydroxylation sites is 1. The monoisotopic (exact) mass is 392 g/mol. The molecule has 5 nitrogen and oxygen atoms in total. The number of guanidine groups is 1. The molecule has 2 aromatic carbocycles. The molecule has 1 aliphatic heterocycles. The summed E-state index contributed by atoms with van der Waals surface area (Å²) in [4.78, 5) is 9.17. The lowest BCUT2D eigenvalue weighted by atomic mass is 10.0. The van der Waals surface area contributed by atoms with E-state index in [1.807, 2.05) is 24.3 Å². The maximum Gasteiger partial charge on any atom is 0.189 e. The SMILES string of the molecule is NC(=NCc1csc(CCc2ccccc2)n1)NC1CCOc2ccccc21. The maximum absolute atomic E-state index is 6.12. The highest BCUT2D eigenvalue weighted by Crippen LogP contribution is 2.31. The van der Waals surface area contributed by atoms with Crippen LogP contribution in [0.3, 0.4) is 0 Å². The van der Waals surface area contributed by atoms with Gasteiger partial charge in [0, 0.05) is 23.8 Å². The van der Waals surface area contributed by atoms with Crippen LogP contribution in [0.15, 0.2) is 65.0 Å². The first-order chi connectivity index (χ1) is 13.8. The van der Waals surface area contributed by atoms with Gasteiger partial charge in [-0.05, 0) is 18.1 Å². The Bertz CT molecular complexity index is 938. The fraction of sp³-hybridized carbons (Fsp3) is 0.273. The van der Waals surface area contributed by atoms with Crippen LogP contribution in [0.25, 0.3) is 0 Å². The van der Waals surface area contributed by atoms with Crippen LogP contribution in [0.1, 0.15) is 34.3 Å². The molecular weight excluding hydrogens is 368 g/mol. The molecule has 0 fully saturated rings. The van der Waals surface area contributed by atoms with Gasteiger partial charge in [-0.3, -0.25) is 0 Å². The highest BCUT2D eigenvalue weighted by molar-refractivity contribution is 7.09. The third-order valence-corrected chi connectivity index (χ3v) is 5.72. The number of thiazole rings is 1. The smallest absolute Gasteiger partial charge is 0.189 e. The Morgan fingerprint density at radius 1 is 1.14 bits per heavy atom. The zero-order valence-corrected chi connectivity index (χ0v) is 16.5. The van der Waals surface area contributed by atoms with Gasteiger partial charge < -0.3 is 15.8 Å². The van der Waals surface area contributed by atoms with E-state index < -0.39 is 0 Å². The number of rotatable bonds is 6. The summed E-state index contributed by atoms with van der Waals surface area (Å²) in [5.41, 5.74) is 9.55. The second-order valence-corrected chi connectivity index (χ2v) is 7.73. The van der Waals surface area contributed by atoms with Gasteiger partial charge >= 0.3 is 0 Å². The average Bonchev–Trinajstić information content (AvgIpc) is 3.20. The van der Waals surface area contributed by atoms with Gasteiger partial charge in [0.05, 0.1) is 29.9 Å². The number of fused-ring (bicyclic) bond motifs is 1. The third-order valence-electron chi connectivity index (χ3n) is 4.76. The number of aryl methyl sites for hydroxylation is 2. The number of hydrogen-bond acceptors (Lipinski definition) is 4. The Hall–Kier alpha value is -2.86. The number of benzene rings is 2. The van der Waals surface area contributed by atoms with Crippen molar-refractivity contribution >= 4 is 17.3 Å². The van der Waals surface area contributed by atoms with Gasteiger partial charge in [-0.25, -0.2) is 9.98 Å². The van der Waals surface area contributed by atoms with Crippen LogP contribution < -0.4 is 15.8 Å². The van der Waals surface area contributed by atoms with E-state index in [0.717, 1.165) is 41.3 Å². The van der Waals surface area contributed by atoms with Crippen molar-refractivity contribution in [2.24, 2.45) is 10.7 Å². The van der Waals surface area contributed by atoms with E-state index in [9.17, 15) is 0 Å². The third kappa shape index (κ3) is 4.70. The molecule has 0 saturated carbocycles. The molecule has 0 aliphatic carbocycles. The fourth-order valence-electron chi connectivity index (χ4n) is 3.31. The molecule has 3 aromatic rings. The molecule has 0 bridgehead atoms. The molecule has 2 heterocycles. The maximum atomic E-state index is 6.12. The van der Waals surface area contributed by atoms with E-state index in [-0.39, 0.29) is 6.04 Å². The quantitative estimate of drug-likeness (QED) is 0.494. The Morgan fingerprint density at radius 3 is 2.86 bits per heavy atom. The first-order valence-corrected chi connectivity index (χ1v) is 10.4. The second-order valence-electron chi connectivity index (χ2n) is 6.79. The van der Waals surface area contributed by atoms with E-state index in [1.165, 1.54) is 5.56 Å². The molecule has 0 amide bonds. The standard InChI is InChI=1S/C22H24N4OS/c23-22(26-19-12-13-27-20-9-5-4-8-18(19)20)24-14-17-15-28-21(25-17)11-10-16-6-2-1-3-7-16/h1-9,15,19H,10-14H2,(H3,23,24,26). The lowest BCUT2D eigenvalue weighted by Crippen LogP contribution is -2.37. The summed E-state index contributed by atoms with van der Waals surface area (Å²) in [6.07, 6.45) is 2.82. The van der Waals surface area contributed by atoms with Crippen LogP contribution in [0.5, 0.6) is 5.75 Å². The van der Waals surface area contributed by atoms with Gasteiger partial charge in [-0.2, -0.15) is 0 Å². The van der Waals surface area contributed by atoms with Gasteiger partial charge in [0.15, 0.2) is 5.96 Å². The van der Waals surface area contributed by atoms with Crippen molar-refractivity contribution in [1.29, 1.82) is 0 Å². The zero-order valence-electron chi connectivity index (χ0n) is 15.7. The predicted octanol–water partition coefficient (Wildman–Crippen LogP) is 3.86. The zero-order chi connectivity index (χ0) is 19.2. The van der Waals surface area contributed by atoms with Crippen molar-refractivity contribution in [2.75, 3.05) is 6.61 Å². The highest BCUT2D eigenvalue weighted by Gasteiger charge is 2.21. The topological polar surface area (TPSA) is 72.5 Å². The lowest BCUT2D eigenvalue weighted by Gasteiger charge is -2.26. The Kier molecular flexibility index (Phi) is 5.87. The number of hydrogen-bond donors (Lipinski definition) is 2. The Labute approximate surface area is 169 Å². The summed E-state index contributed by atoms with van der Waals surface area (Å²) in [5.74, 6) is 1.36. The number of nitrogens with zero attached hydrogens (tertiary/aromatic N) is 2. The van der Waals surface area contributed by atoms with E-state index in [2.05, 4.69) is 51.0 Å². The van der Waals surface area contributed by atoms with Crippen molar-refractivity contribution in [3.05, 3.63) is 81.8 Å². The molecule has 0 radical (unpaired) electrons.